The maximum Gasteiger partial charge on any atom is 0.187 e. The first-order chi connectivity index (χ1) is 10.1. The van der Waals surface area contributed by atoms with Gasteiger partial charge >= 0.3 is 0 Å². The number of rotatable bonds is 3. The monoisotopic (exact) mass is 284 g/mol. The van der Waals surface area contributed by atoms with Gasteiger partial charge in [0.15, 0.2) is 17.4 Å². The lowest BCUT2D eigenvalue weighted by Gasteiger charge is -2.04. The number of halogens is 2. The largest absolute Gasteiger partial charge is 0.292 e. The molecule has 0 aliphatic rings. The predicted octanol–water partition coefficient (Wildman–Crippen LogP) is 3.33. The number of carbonyl (C=O) groups excluding carboxylic acids is 1. The summed E-state index contributed by atoms with van der Waals surface area (Å²) in [5, 5.41) is 0. The molecule has 0 N–H and O–H groups in total. The van der Waals surface area contributed by atoms with Crippen LogP contribution >= 0.6 is 0 Å². The second-order valence-electron chi connectivity index (χ2n) is 4.56. The number of nitrogens with zero attached hydrogens (tertiary/aromatic N) is 2. The van der Waals surface area contributed by atoms with Crippen LogP contribution in [0.3, 0.4) is 0 Å². The highest BCUT2D eigenvalue weighted by molar-refractivity contribution is 5.96. The number of Topliss-reactive ketones (excluding diaryl/α,β-unsaturated/α-hetero) is 1. The minimum atomic E-state index is -1.00. The lowest BCUT2D eigenvalue weighted by molar-refractivity contribution is 0.0987. The van der Waals surface area contributed by atoms with Crippen LogP contribution in [0, 0.1) is 11.6 Å². The number of para-hydroxylation sites is 2. The molecule has 0 atom stereocenters. The van der Waals surface area contributed by atoms with Crippen LogP contribution in [-0.2, 0) is 6.42 Å². The molecule has 3 aromatic rings. The number of benzene rings is 2. The maximum atomic E-state index is 13.6. The number of carbonyl (C=O) groups is 1. The predicted molar refractivity (Wildman–Crippen MR) is 73.9 cm³/mol. The normalized spacial score (nSPS) is 10.8. The van der Waals surface area contributed by atoms with E-state index in [0.717, 1.165) is 6.07 Å². The van der Waals surface area contributed by atoms with Crippen molar-refractivity contribution in [3.8, 4) is 0 Å². The second kappa shape index (κ2) is 5.36. The molecular formula is C16H10F2N2O. The van der Waals surface area contributed by atoms with Gasteiger partial charge in [-0.25, -0.2) is 13.8 Å². The van der Waals surface area contributed by atoms with Gasteiger partial charge in [0.25, 0.3) is 0 Å². The van der Waals surface area contributed by atoms with E-state index >= 15 is 0 Å². The minimum Gasteiger partial charge on any atom is -0.292 e. The van der Waals surface area contributed by atoms with Crippen molar-refractivity contribution in [1.82, 2.24) is 9.97 Å². The van der Waals surface area contributed by atoms with Gasteiger partial charge in [-0.05, 0) is 23.8 Å². The first kappa shape index (κ1) is 13.3. The highest BCUT2D eigenvalue weighted by atomic mass is 19.2. The Labute approximate surface area is 119 Å². The van der Waals surface area contributed by atoms with Gasteiger partial charge in [0, 0.05) is 6.42 Å². The third-order valence-electron chi connectivity index (χ3n) is 3.12. The summed E-state index contributed by atoms with van der Waals surface area (Å²) in [4.78, 5) is 20.5. The molecule has 2 aromatic carbocycles. The van der Waals surface area contributed by atoms with Crippen molar-refractivity contribution in [3.05, 3.63) is 71.6 Å². The van der Waals surface area contributed by atoms with Gasteiger partial charge in [-0.1, -0.05) is 24.3 Å². The molecule has 3 rings (SSSR count). The van der Waals surface area contributed by atoms with Gasteiger partial charge in [0.2, 0.25) is 0 Å². The van der Waals surface area contributed by atoms with Gasteiger partial charge in [0.05, 0.1) is 17.2 Å². The van der Waals surface area contributed by atoms with E-state index in [-0.39, 0.29) is 17.7 Å². The summed E-state index contributed by atoms with van der Waals surface area (Å²) in [6.07, 6.45) is 1.10. The third-order valence-corrected chi connectivity index (χ3v) is 3.12. The Morgan fingerprint density at radius 1 is 1.00 bits per heavy atom. The molecule has 1 aromatic heterocycles. The van der Waals surface area contributed by atoms with Crippen LogP contribution in [0.4, 0.5) is 8.78 Å². The van der Waals surface area contributed by atoms with Gasteiger partial charge in [-0.3, -0.25) is 9.78 Å². The minimum absolute atomic E-state index is 0.00922. The van der Waals surface area contributed by atoms with Gasteiger partial charge in [0.1, 0.15) is 5.69 Å². The van der Waals surface area contributed by atoms with Crippen molar-refractivity contribution >= 4 is 16.8 Å². The molecule has 0 aliphatic carbocycles. The number of ketones is 1. The SMILES string of the molecule is O=C(Cc1cccc(F)c1F)c1cnc2ccccc2n1. The number of aromatic nitrogens is 2. The van der Waals surface area contributed by atoms with Gasteiger partial charge in [-0.2, -0.15) is 0 Å². The summed E-state index contributed by atoms with van der Waals surface area (Å²) < 4.78 is 26.7. The highest BCUT2D eigenvalue weighted by Crippen LogP contribution is 2.15. The van der Waals surface area contributed by atoms with Crippen LogP contribution in [0.25, 0.3) is 11.0 Å². The van der Waals surface area contributed by atoms with Crippen molar-refractivity contribution in [2.24, 2.45) is 0 Å². The molecule has 0 fully saturated rings. The summed E-state index contributed by atoms with van der Waals surface area (Å²) in [6, 6.07) is 10.9. The molecule has 0 aliphatic heterocycles. The Kier molecular flexibility index (Phi) is 3.39. The molecule has 5 heteroatoms. The molecule has 104 valence electrons. The van der Waals surface area contributed by atoms with Crippen LogP contribution in [0.2, 0.25) is 0 Å². The molecule has 21 heavy (non-hydrogen) atoms. The van der Waals surface area contributed by atoms with Gasteiger partial charge < -0.3 is 0 Å². The molecule has 0 amide bonds. The smallest absolute Gasteiger partial charge is 0.187 e. The van der Waals surface area contributed by atoms with Crippen molar-refractivity contribution in [3.63, 3.8) is 0 Å². The highest BCUT2D eigenvalue weighted by Gasteiger charge is 2.15. The van der Waals surface area contributed by atoms with Crippen molar-refractivity contribution in [2.75, 3.05) is 0 Å². The quantitative estimate of drug-likeness (QED) is 0.693. The fourth-order valence-electron chi connectivity index (χ4n) is 2.04. The molecule has 0 unspecified atom stereocenters. The molecule has 0 saturated heterocycles. The Hall–Kier alpha value is -2.69. The Balaban J connectivity index is 1.91. The Morgan fingerprint density at radius 3 is 2.57 bits per heavy atom. The third kappa shape index (κ3) is 2.63. The van der Waals surface area contributed by atoms with E-state index in [2.05, 4.69) is 9.97 Å². The fourth-order valence-corrected chi connectivity index (χ4v) is 2.04. The summed E-state index contributed by atoms with van der Waals surface area (Å²) in [7, 11) is 0. The van der Waals surface area contributed by atoms with E-state index < -0.39 is 17.4 Å². The Bertz CT molecular complexity index is 833. The van der Waals surface area contributed by atoms with E-state index in [0.29, 0.717) is 11.0 Å². The molecule has 1 heterocycles. The molecule has 0 radical (unpaired) electrons. The molecular weight excluding hydrogens is 274 g/mol. The van der Waals surface area contributed by atoms with E-state index in [1.54, 1.807) is 18.2 Å². The molecule has 0 spiro atoms. The second-order valence-corrected chi connectivity index (χ2v) is 4.56. The van der Waals surface area contributed by atoms with Crippen LogP contribution in [-0.4, -0.2) is 15.8 Å². The number of hydrogen-bond donors (Lipinski definition) is 0. The maximum absolute atomic E-state index is 13.6. The molecule has 0 saturated carbocycles. The number of fused-ring (bicyclic) bond motifs is 1. The van der Waals surface area contributed by atoms with E-state index in [9.17, 15) is 13.6 Å². The van der Waals surface area contributed by atoms with Crippen LogP contribution in [0.5, 0.6) is 0 Å². The zero-order valence-corrected chi connectivity index (χ0v) is 10.9. The van der Waals surface area contributed by atoms with Crippen LogP contribution in [0.1, 0.15) is 16.1 Å². The van der Waals surface area contributed by atoms with Crippen molar-refractivity contribution in [2.45, 2.75) is 6.42 Å². The zero-order valence-electron chi connectivity index (χ0n) is 10.9. The first-order valence-electron chi connectivity index (χ1n) is 6.33. The standard InChI is InChI=1S/C16H10F2N2O/c17-11-5-3-4-10(16(11)18)8-15(21)14-9-19-12-6-1-2-7-13(12)20-14/h1-7,9H,8H2. The van der Waals surface area contributed by atoms with E-state index in [1.165, 1.54) is 18.3 Å². The summed E-state index contributed by atoms with van der Waals surface area (Å²) >= 11 is 0. The average molecular weight is 284 g/mol. The van der Waals surface area contributed by atoms with Crippen LogP contribution in [0.15, 0.2) is 48.7 Å². The zero-order chi connectivity index (χ0) is 14.8. The average Bonchev–Trinajstić information content (AvgIpc) is 2.51. The lowest BCUT2D eigenvalue weighted by Crippen LogP contribution is -2.08. The summed E-state index contributed by atoms with van der Waals surface area (Å²) in [5.74, 6) is -2.37. The van der Waals surface area contributed by atoms with Crippen LogP contribution < -0.4 is 0 Å². The van der Waals surface area contributed by atoms with E-state index in [4.69, 9.17) is 0 Å². The fraction of sp³-hybridized carbons (Fsp3) is 0.0625. The topological polar surface area (TPSA) is 42.9 Å². The molecule has 0 bridgehead atoms. The lowest BCUT2D eigenvalue weighted by atomic mass is 10.1. The van der Waals surface area contributed by atoms with E-state index in [1.807, 2.05) is 6.07 Å². The Morgan fingerprint density at radius 2 is 1.76 bits per heavy atom. The van der Waals surface area contributed by atoms with Crippen molar-refractivity contribution < 1.29 is 13.6 Å². The van der Waals surface area contributed by atoms with Crippen molar-refractivity contribution in [1.29, 1.82) is 0 Å². The first-order valence-corrected chi connectivity index (χ1v) is 6.33. The summed E-state index contributed by atoms with van der Waals surface area (Å²) in [6.45, 7) is 0. The molecule has 3 nitrogen and oxygen atoms in total. The number of hydrogen-bond acceptors (Lipinski definition) is 3. The van der Waals surface area contributed by atoms with Gasteiger partial charge in [-0.15, -0.1) is 0 Å². The summed E-state index contributed by atoms with van der Waals surface area (Å²) in [5.41, 5.74) is 1.40.